The fraction of sp³-hybridized carbons (Fsp3) is 0.417. The number of hydrogen-bond acceptors (Lipinski definition) is 2. The van der Waals surface area contributed by atoms with Gasteiger partial charge in [0, 0.05) is 22.5 Å². The molecule has 0 radical (unpaired) electrons. The summed E-state index contributed by atoms with van der Waals surface area (Å²) >= 11 is 9.44. The van der Waals surface area contributed by atoms with Gasteiger partial charge in [0.25, 0.3) is 0 Å². The van der Waals surface area contributed by atoms with Crippen LogP contribution in [-0.2, 0) is 11.3 Å². The van der Waals surface area contributed by atoms with Crippen LogP contribution in [0.4, 0.5) is 0 Å². The van der Waals surface area contributed by atoms with E-state index in [4.69, 9.17) is 17.3 Å². The number of benzene rings is 1. The van der Waals surface area contributed by atoms with Gasteiger partial charge >= 0.3 is 0 Å². The monoisotopic (exact) mass is 318 g/mol. The molecule has 17 heavy (non-hydrogen) atoms. The average Bonchev–Trinajstić information content (AvgIpc) is 2.25. The van der Waals surface area contributed by atoms with Gasteiger partial charge in [0.15, 0.2) is 0 Å². The quantitative estimate of drug-likeness (QED) is 0.759. The molecule has 0 aliphatic heterocycles. The summed E-state index contributed by atoms with van der Waals surface area (Å²) in [7, 11) is 0. The van der Waals surface area contributed by atoms with E-state index in [9.17, 15) is 4.79 Å². The summed E-state index contributed by atoms with van der Waals surface area (Å²) in [6.45, 7) is 1.60. The molecule has 0 unspecified atom stereocenters. The summed E-state index contributed by atoms with van der Waals surface area (Å²) < 4.78 is 0.979. The van der Waals surface area contributed by atoms with Crippen LogP contribution in [0.15, 0.2) is 22.7 Å². The molecule has 0 bridgehead atoms. The van der Waals surface area contributed by atoms with Gasteiger partial charge in [0.1, 0.15) is 0 Å². The molecule has 0 saturated heterocycles. The average molecular weight is 320 g/mol. The second-order valence-electron chi connectivity index (χ2n) is 3.84. The highest BCUT2D eigenvalue weighted by atomic mass is 79.9. The third-order valence-corrected chi connectivity index (χ3v) is 3.20. The number of nitrogens with one attached hydrogen (secondary N) is 1. The van der Waals surface area contributed by atoms with E-state index in [-0.39, 0.29) is 5.91 Å². The molecule has 0 saturated carbocycles. The fourth-order valence-corrected chi connectivity index (χ4v) is 2.18. The Bertz CT molecular complexity index is 385. The molecule has 94 valence electrons. The van der Waals surface area contributed by atoms with Crippen LogP contribution in [0.2, 0.25) is 5.02 Å². The van der Waals surface area contributed by atoms with Crippen molar-refractivity contribution < 1.29 is 4.79 Å². The summed E-state index contributed by atoms with van der Waals surface area (Å²) in [5.74, 6) is -0.235. The minimum Gasteiger partial charge on any atom is -0.370 e. The van der Waals surface area contributed by atoms with Crippen molar-refractivity contribution in [2.24, 2.45) is 5.73 Å². The Labute approximate surface area is 115 Å². The van der Waals surface area contributed by atoms with Gasteiger partial charge in [0.05, 0.1) is 0 Å². The van der Waals surface area contributed by atoms with Crippen molar-refractivity contribution >= 4 is 33.4 Å². The maximum Gasteiger partial charge on any atom is 0.217 e. The Morgan fingerprint density at radius 1 is 1.41 bits per heavy atom. The third kappa shape index (κ3) is 6.05. The number of amides is 1. The number of nitrogens with two attached hydrogens (primary N) is 1. The van der Waals surface area contributed by atoms with E-state index in [1.54, 1.807) is 0 Å². The van der Waals surface area contributed by atoms with Gasteiger partial charge in [-0.3, -0.25) is 4.79 Å². The van der Waals surface area contributed by atoms with Crippen LogP contribution in [0.5, 0.6) is 0 Å². The summed E-state index contributed by atoms with van der Waals surface area (Å²) in [4.78, 5) is 10.5. The zero-order chi connectivity index (χ0) is 12.7. The molecule has 0 aromatic heterocycles. The number of halogens is 2. The van der Waals surface area contributed by atoms with E-state index in [1.807, 2.05) is 18.2 Å². The normalized spacial score (nSPS) is 10.5. The van der Waals surface area contributed by atoms with Gasteiger partial charge in [-0.2, -0.15) is 0 Å². The summed E-state index contributed by atoms with van der Waals surface area (Å²) in [5.41, 5.74) is 6.12. The zero-order valence-corrected chi connectivity index (χ0v) is 11.9. The lowest BCUT2D eigenvalue weighted by atomic mass is 10.2. The molecule has 3 nitrogen and oxygen atoms in total. The highest BCUT2D eigenvalue weighted by Crippen LogP contribution is 2.21. The lowest BCUT2D eigenvalue weighted by Crippen LogP contribution is -2.16. The van der Waals surface area contributed by atoms with E-state index in [0.29, 0.717) is 6.42 Å². The van der Waals surface area contributed by atoms with Crippen LogP contribution in [0, 0.1) is 0 Å². The van der Waals surface area contributed by atoms with Crippen LogP contribution >= 0.6 is 27.5 Å². The Hall–Kier alpha value is -0.580. The van der Waals surface area contributed by atoms with E-state index in [2.05, 4.69) is 21.2 Å². The van der Waals surface area contributed by atoms with E-state index >= 15 is 0 Å². The third-order valence-electron chi connectivity index (χ3n) is 2.36. The Morgan fingerprint density at radius 2 is 2.18 bits per heavy atom. The predicted molar refractivity (Wildman–Crippen MR) is 73.9 cm³/mol. The van der Waals surface area contributed by atoms with Gasteiger partial charge < -0.3 is 11.1 Å². The van der Waals surface area contributed by atoms with Crippen molar-refractivity contribution in [3.05, 3.63) is 33.3 Å². The second kappa shape index (κ2) is 7.69. The Balaban J connectivity index is 2.20. The molecular formula is C12H16BrClN2O. The predicted octanol–water partition coefficient (Wildman–Crippen LogP) is 2.85. The van der Waals surface area contributed by atoms with Crippen LogP contribution in [-0.4, -0.2) is 12.5 Å². The largest absolute Gasteiger partial charge is 0.370 e. The maximum atomic E-state index is 10.5. The minimum absolute atomic E-state index is 0.235. The maximum absolute atomic E-state index is 10.5. The number of rotatable bonds is 7. The molecule has 0 spiro atoms. The molecule has 0 aliphatic rings. The molecule has 1 rings (SSSR count). The summed E-state index contributed by atoms with van der Waals surface area (Å²) in [6.07, 6.45) is 2.23. The minimum atomic E-state index is -0.235. The molecule has 0 fully saturated rings. The van der Waals surface area contributed by atoms with E-state index in [0.717, 1.165) is 41.0 Å². The van der Waals surface area contributed by atoms with Gasteiger partial charge in [-0.25, -0.2) is 0 Å². The highest BCUT2D eigenvalue weighted by Gasteiger charge is 2.00. The molecule has 1 amide bonds. The lowest BCUT2D eigenvalue weighted by Gasteiger charge is -2.06. The SMILES string of the molecule is NC(=O)CCCCNCc1ccc(Br)cc1Cl. The standard InChI is InChI=1S/C12H16BrClN2O/c13-10-5-4-9(11(14)7-10)8-16-6-2-1-3-12(15)17/h4-5,7,16H,1-3,6,8H2,(H2,15,17). The molecule has 0 aliphatic carbocycles. The van der Waals surface area contributed by atoms with Crippen molar-refractivity contribution in [2.45, 2.75) is 25.8 Å². The summed E-state index contributed by atoms with van der Waals surface area (Å²) in [6, 6.07) is 5.84. The first-order valence-electron chi connectivity index (χ1n) is 5.52. The molecule has 3 N–H and O–H groups in total. The van der Waals surface area contributed by atoms with Crippen LogP contribution in [0.3, 0.4) is 0 Å². The first-order chi connectivity index (χ1) is 8.09. The molecule has 1 aromatic carbocycles. The van der Waals surface area contributed by atoms with Gasteiger partial charge in [-0.15, -0.1) is 0 Å². The van der Waals surface area contributed by atoms with Crippen molar-refractivity contribution in [3.8, 4) is 0 Å². The molecule has 0 heterocycles. The van der Waals surface area contributed by atoms with Crippen LogP contribution in [0.1, 0.15) is 24.8 Å². The van der Waals surface area contributed by atoms with Crippen molar-refractivity contribution in [1.82, 2.24) is 5.32 Å². The highest BCUT2D eigenvalue weighted by molar-refractivity contribution is 9.10. The Kier molecular flexibility index (Phi) is 6.55. The number of hydrogen-bond donors (Lipinski definition) is 2. The number of carbonyl (C=O) groups excluding carboxylic acids is 1. The Morgan fingerprint density at radius 3 is 2.82 bits per heavy atom. The smallest absolute Gasteiger partial charge is 0.217 e. The molecule has 1 aromatic rings. The van der Waals surface area contributed by atoms with Crippen LogP contribution < -0.4 is 11.1 Å². The van der Waals surface area contributed by atoms with Gasteiger partial charge in [-0.1, -0.05) is 33.6 Å². The fourth-order valence-electron chi connectivity index (χ4n) is 1.44. The number of unbranched alkanes of at least 4 members (excludes halogenated alkanes) is 1. The van der Waals surface area contributed by atoms with Gasteiger partial charge in [0.2, 0.25) is 5.91 Å². The van der Waals surface area contributed by atoms with Crippen molar-refractivity contribution in [2.75, 3.05) is 6.54 Å². The number of primary amides is 1. The molecule has 0 atom stereocenters. The second-order valence-corrected chi connectivity index (χ2v) is 5.16. The first kappa shape index (κ1) is 14.5. The molecular weight excluding hydrogens is 304 g/mol. The first-order valence-corrected chi connectivity index (χ1v) is 6.69. The molecule has 5 heteroatoms. The van der Waals surface area contributed by atoms with Crippen LogP contribution in [0.25, 0.3) is 0 Å². The number of carbonyl (C=O) groups is 1. The topological polar surface area (TPSA) is 55.1 Å². The summed E-state index contributed by atoms with van der Waals surface area (Å²) in [5, 5.41) is 4.04. The van der Waals surface area contributed by atoms with Crippen molar-refractivity contribution in [1.29, 1.82) is 0 Å². The van der Waals surface area contributed by atoms with Crippen molar-refractivity contribution in [3.63, 3.8) is 0 Å². The van der Waals surface area contributed by atoms with Gasteiger partial charge in [-0.05, 0) is 37.1 Å². The van der Waals surface area contributed by atoms with E-state index in [1.165, 1.54) is 0 Å². The lowest BCUT2D eigenvalue weighted by molar-refractivity contribution is -0.118. The zero-order valence-electron chi connectivity index (χ0n) is 9.51. The van der Waals surface area contributed by atoms with E-state index < -0.39 is 0 Å².